The summed E-state index contributed by atoms with van der Waals surface area (Å²) >= 11 is 0. The summed E-state index contributed by atoms with van der Waals surface area (Å²) in [5.41, 5.74) is 0.419. The summed E-state index contributed by atoms with van der Waals surface area (Å²) in [4.78, 5) is 0. The molecule has 52 heavy (non-hydrogen) atoms. The fourth-order valence-corrected chi connectivity index (χ4v) is 13.6. The van der Waals surface area contributed by atoms with Gasteiger partial charge in [0.1, 0.15) is 42.3 Å². The average molecular weight is 738 g/mol. The van der Waals surface area contributed by atoms with E-state index in [-0.39, 0.29) is 17.2 Å². The lowest BCUT2D eigenvalue weighted by molar-refractivity contribution is -0.360. The number of fused-ring (bicyclic) bond motifs is 7. The normalized spacial score (nSPS) is 59.0. The zero-order chi connectivity index (χ0) is 36.9. The number of piperidine rings is 1. The number of hydrogen-bond acceptors (Lipinski definition) is 12. The van der Waals surface area contributed by atoms with Gasteiger partial charge in [-0.15, -0.1) is 0 Å². The summed E-state index contributed by atoms with van der Waals surface area (Å²) in [6, 6.07) is 0. The molecule has 4 aliphatic carbocycles. The van der Waals surface area contributed by atoms with E-state index in [4.69, 9.17) is 23.7 Å². The molecule has 0 unspecified atom stereocenters. The van der Waals surface area contributed by atoms with Gasteiger partial charge in [-0.05, 0) is 111 Å². The Balaban J connectivity index is 0.892. The zero-order valence-electron chi connectivity index (χ0n) is 31.9. The first-order valence-corrected chi connectivity index (χ1v) is 20.7. The number of nitrogens with one attached hydrogen (secondary N) is 1. The summed E-state index contributed by atoms with van der Waals surface area (Å²) in [7, 11) is 0. The highest BCUT2D eigenvalue weighted by atomic mass is 16.7. The lowest BCUT2D eigenvalue weighted by atomic mass is 9.44. The molecule has 7 N–H and O–H groups in total. The van der Waals surface area contributed by atoms with Crippen LogP contribution in [-0.2, 0) is 23.7 Å². The van der Waals surface area contributed by atoms with Crippen LogP contribution < -0.4 is 5.32 Å². The van der Waals surface area contributed by atoms with E-state index in [9.17, 15) is 30.6 Å². The molecule has 12 heteroatoms. The molecule has 4 heterocycles. The Morgan fingerprint density at radius 1 is 0.712 bits per heavy atom. The molecule has 8 rings (SSSR count). The second kappa shape index (κ2) is 14.2. The van der Waals surface area contributed by atoms with Crippen molar-refractivity contribution < 1.29 is 54.3 Å². The van der Waals surface area contributed by atoms with Crippen molar-refractivity contribution >= 4 is 0 Å². The number of rotatable bonds is 6. The Kier molecular flexibility index (Phi) is 10.5. The number of hydrogen-bond donors (Lipinski definition) is 7. The van der Waals surface area contributed by atoms with Crippen LogP contribution in [0.3, 0.4) is 0 Å². The molecule has 0 radical (unpaired) electrons. The van der Waals surface area contributed by atoms with Crippen LogP contribution in [0.5, 0.6) is 0 Å². The highest BCUT2D eigenvalue weighted by Crippen LogP contribution is 2.71. The number of aliphatic hydroxyl groups is 6. The Bertz CT molecular complexity index is 1260. The van der Waals surface area contributed by atoms with Crippen molar-refractivity contribution in [2.45, 2.75) is 172 Å². The minimum atomic E-state index is -1.49. The third kappa shape index (κ3) is 5.99. The minimum absolute atomic E-state index is 0.134. The standard InChI is InChI=1S/C40H67NO11/c1-19-8-13-40(41-16-19)21(3)30-27(52-40)15-26-24-7-6-22-14-23(9-11-38(22,4)25(24)10-12-39(26,30)5)48-37-34(47)33(46)35(29(18-43)50-37)51-36-32(45)20(2)31(44)28(17-42)49-36/h19-37,41-47H,6-18H2,1-5H3/t19-,20-,21-,22-,23-,24+,25-,26-,27-,28+,29+,30-,31-,32+,33+,34+,35-,36+,37+,38-,39-,40-/m0/s1. The molecule has 4 aliphatic heterocycles. The highest BCUT2D eigenvalue weighted by molar-refractivity contribution is 5.16. The van der Waals surface area contributed by atoms with E-state index in [1.807, 2.05) is 0 Å². The molecule has 298 valence electrons. The molecule has 8 fully saturated rings. The molecule has 0 bridgehead atoms. The van der Waals surface area contributed by atoms with E-state index >= 15 is 0 Å². The van der Waals surface area contributed by atoms with E-state index in [0.29, 0.717) is 47.0 Å². The van der Waals surface area contributed by atoms with E-state index in [1.54, 1.807) is 6.92 Å². The second-order valence-electron chi connectivity index (χ2n) is 19.2. The fraction of sp³-hybridized carbons (Fsp3) is 1.00. The van der Waals surface area contributed by atoms with Gasteiger partial charge in [-0.1, -0.05) is 34.6 Å². The average Bonchev–Trinajstić information content (AvgIpc) is 3.58. The molecule has 0 amide bonds. The van der Waals surface area contributed by atoms with Crippen LogP contribution in [0.4, 0.5) is 0 Å². The predicted octanol–water partition coefficient (Wildman–Crippen LogP) is 2.29. The van der Waals surface area contributed by atoms with E-state index < -0.39 is 74.4 Å². The van der Waals surface area contributed by atoms with Crippen molar-refractivity contribution in [1.82, 2.24) is 5.32 Å². The first-order chi connectivity index (χ1) is 24.7. The van der Waals surface area contributed by atoms with Crippen molar-refractivity contribution in [3.05, 3.63) is 0 Å². The van der Waals surface area contributed by atoms with Gasteiger partial charge in [0.25, 0.3) is 0 Å². The smallest absolute Gasteiger partial charge is 0.186 e. The van der Waals surface area contributed by atoms with Crippen LogP contribution in [0.1, 0.15) is 98.8 Å². The summed E-state index contributed by atoms with van der Waals surface area (Å²) in [6.07, 6.45) is 0.432. The largest absolute Gasteiger partial charge is 0.394 e. The molecule has 4 saturated carbocycles. The van der Waals surface area contributed by atoms with Gasteiger partial charge in [0.05, 0.1) is 31.5 Å². The van der Waals surface area contributed by atoms with E-state index in [1.165, 1.54) is 32.1 Å². The molecule has 1 spiro atoms. The lowest BCUT2D eigenvalue weighted by Crippen LogP contribution is -2.64. The van der Waals surface area contributed by atoms with E-state index in [2.05, 4.69) is 33.0 Å². The van der Waals surface area contributed by atoms with Crippen LogP contribution >= 0.6 is 0 Å². The highest BCUT2D eigenvalue weighted by Gasteiger charge is 2.68. The van der Waals surface area contributed by atoms with Crippen LogP contribution in [0.2, 0.25) is 0 Å². The van der Waals surface area contributed by atoms with Crippen molar-refractivity contribution in [1.29, 1.82) is 0 Å². The molecular weight excluding hydrogens is 670 g/mol. The third-order valence-electron chi connectivity index (χ3n) is 16.8. The second-order valence-corrected chi connectivity index (χ2v) is 19.2. The van der Waals surface area contributed by atoms with Gasteiger partial charge < -0.3 is 54.3 Å². The SMILES string of the molecule is C[C@H]1CC[C@]2(NC1)O[C@H]1C[C@H]3[C@@H]4CC[C@H]5C[C@@H](O[C@@H]6O[C@H](CO)[C@H](O[C@H]7O[C@H](CO)[C@@H](O)[C@H](C)[C@H]7O)[C@H](O)[C@H]6O)CC[C@]5(C)[C@H]4CC[C@]3(C)[C@H]1[C@@H]2C. The van der Waals surface area contributed by atoms with Crippen LogP contribution in [0, 0.1) is 58.2 Å². The lowest BCUT2D eigenvalue weighted by Gasteiger charge is -2.61. The summed E-state index contributed by atoms with van der Waals surface area (Å²) in [5.74, 6) is 3.80. The predicted molar refractivity (Wildman–Crippen MR) is 188 cm³/mol. The first-order valence-electron chi connectivity index (χ1n) is 20.7. The first kappa shape index (κ1) is 38.4. The van der Waals surface area contributed by atoms with E-state index in [0.717, 1.165) is 44.6 Å². The van der Waals surface area contributed by atoms with Gasteiger partial charge in [-0.2, -0.15) is 0 Å². The van der Waals surface area contributed by atoms with Crippen LogP contribution in [-0.4, -0.2) is 124 Å². The Hall–Kier alpha value is -0.480. The quantitative estimate of drug-likeness (QED) is 0.198. The molecule has 0 aromatic rings. The van der Waals surface area contributed by atoms with Crippen molar-refractivity contribution in [3.63, 3.8) is 0 Å². The Morgan fingerprint density at radius 2 is 1.42 bits per heavy atom. The van der Waals surface area contributed by atoms with Crippen molar-refractivity contribution in [2.75, 3.05) is 19.8 Å². The number of aliphatic hydroxyl groups excluding tert-OH is 6. The molecule has 12 nitrogen and oxygen atoms in total. The maximum Gasteiger partial charge on any atom is 0.186 e. The van der Waals surface area contributed by atoms with Gasteiger partial charge in [0, 0.05) is 18.4 Å². The van der Waals surface area contributed by atoms with Gasteiger partial charge in [-0.3, -0.25) is 5.32 Å². The number of ether oxygens (including phenoxy) is 5. The Labute approximate surface area is 309 Å². The maximum atomic E-state index is 11.2. The monoisotopic (exact) mass is 737 g/mol. The zero-order valence-corrected chi connectivity index (χ0v) is 31.9. The van der Waals surface area contributed by atoms with Gasteiger partial charge >= 0.3 is 0 Å². The van der Waals surface area contributed by atoms with Crippen LogP contribution in [0.25, 0.3) is 0 Å². The van der Waals surface area contributed by atoms with Gasteiger partial charge in [0.2, 0.25) is 0 Å². The summed E-state index contributed by atoms with van der Waals surface area (Å²) in [6.45, 7) is 11.6. The maximum absolute atomic E-state index is 11.2. The Morgan fingerprint density at radius 3 is 2.13 bits per heavy atom. The third-order valence-corrected chi connectivity index (χ3v) is 16.8. The summed E-state index contributed by atoms with van der Waals surface area (Å²) < 4.78 is 31.1. The molecule has 0 aromatic carbocycles. The fourth-order valence-electron chi connectivity index (χ4n) is 13.6. The van der Waals surface area contributed by atoms with Crippen molar-refractivity contribution in [3.8, 4) is 0 Å². The molecule has 8 aliphatic rings. The minimum Gasteiger partial charge on any atom is -0.394 e. The topological polar surface area (TPSA) is 180 Å². The molecule has 0 aromatic heterocycles. The van der Waals surface area contributed by atoms with Crippen LogP contribution in [0.15, 0.2) is 0 Å². The molecular formula is C40H67NO11. The van der Waals surface area contributed by atoms with Crippen molar-refractivity contribution in [2.24, 2.45) is 58.2 Å². The molecule has 4 saturated heterocycles. The molecule has 22 atom stereocenters. The summed E-state index contributed by atoms with van der Waals surface area (Å²) in [5, 5.41) is 67.2. The van der Waals surface area contributed by atoms with Gasteiger partial charge in [-0.25, -0.2) is 0 Å². The van der Waals surface area contributed by atoms with Gasteiger partial charge in [0.15, 0.2) is 12.6 Å².